The number of hydrogen-bond donors (Lipinski definition) is 3. The van der Waals surface area contributed by atoms with Crippen molar-refractivity contribution < 1.29 is 23.8 Å². The van der Waals surface area contributed by atoms with Gasteiger partial charge in [-0.2, -0.15) is 5.10 Å². The maximum atomic E-state index is 13.0. The summed E-state index contributed by atoms with van der Waals surface area (Å²) in [7, 11) is 1.60. The molecule has 2 aliphatic heterocycles. The number of primary amides is 1. The Bertz CT molecular complexity index is 1070. The van der Waals surface area contributed by atoms with Crippen LogP contribution < -0.4 is 30.7 Å². The van der Waals surface area contributed by atoms with Crippen molar-refractivity contribution >= 4 is 23.2 Å². The predicted molar refractivity (Wildman–Crippen MR) is 119 cm³/mol. The van der Waals surface area contributed by atoms with Gasteiger partial charge in [-0.05, 0) is 54.8 Å². The number of carbonyl (C=O) groups is 2. The maximum absolute atomic E-state index is 13.0. The van der Waals surface area contributed by atoms with Gasteiger partial charge < -0.3 is 30.7 Å². The molecule has 0 aromatic heterocycles. The van der Waals surface area contributed by atoms with Crippen molar-refractivity contribution in [3.63, 3.8) is 0 Å². The van der Waals surface area contributed by atoms with Crippen LogP contribution in [-0.2, 0) is 16.0 Å². The van der Waals surface area contributed by atoms with Crippen LogP contribution in [0, 0.1) is 5.92 Å². The normalized spacial score (nSPS) is 19.1. The molecule has 4 N–H and O–H groups in total. The lowest BCUT2D eigenvalue weighted by atomic mass is 9.94. The molecule has 4 rings (SSSR count). The van der Waals surface area contributed by atoms with Gasteiger partial charge in [-0.1, -0.05) is 6.07 Å². The number of ether oxygens (including phenoxy) is 3. The predicted octanol–water partition coefficient (Wildman–Crippen LogP) is 1.81. The van der Waals surface area contributed by atoms with E-state index < -0.39 is 5.91 Å². The molecule has 0 bridgehead atoms. The summed E-state index contributed by atoms with van der Waals surface area (Å²) >= 11 is 0. The van der Waals surface area contributed by atoms with E-state index in [1.807, 2.05) is 37.3 Å². The summed E-state index contributed by atoms with van der Waals surface area (Å²) in [5, 5.41) is 7.14. The standard InChI is InChI=1S/C23H26N4O5/c1-13-18(10-25-27-13)14-3-5-19(21(9-14)32-12-22(24)28)26-23(29)16-7-15-8-17(30-2)4-6-20(15)31-11-16/h3-6,8-9,16,18,25H,7,10-12H2,1-2H3,(H2,24,28)(H,26,29). The minimum absolute atomic E-state index is 0.0916. The first-order chi connectivity index (χ1) is 15.4. The molecular weight excluding hydrogens is 412 g/mol. The second kappa shape index (κ2) is 9.17. The van der Waals surface area contributed by atoms with Crippen molar-refractivity contribution in [2.24, 2.45) is 16.8 Å². The van der Waals surface area contributed by atoms with E-state index >= 15 is 0 Å². The lowest BCUT2D eigenvalue weighted by molar-refractivity contribution is -0.121. The van der Waals surface area contributed by atoms with E-state index in [0.717, 1.165) is 22.6 Å². The molecule has 9 nitrogen and oxygen atoms in total. The zero-order valence-electron chi connectivity index (χ0n) is 18.0. The van der Waals surface area contributed by atoms with E-state index in [9.17, 15) is 9.59 Å². The number of anilines is 1. The highest BCUT2D eigenvalue weighted by Crippen LogP contribution is 2.34. The average Bonchev–Trinajstić information content (AvgIpc) is 3.23. The molecule has 0 spiro atoms. The summed E-state index contributed by atoms with van der Waals surface area (Å²) in [5.41, 5.74) is 11.5. The van der Waals surface area contributed by atoms with Gasteiger partial charge in [0.15, 0.2) is 6.61 Å². The smallest absolute Gasteiger partial charge is 0.255 e. The van der Waals surface area contributed by atoms with Gasteiger partial charge in [-0.25, -0.2) is 0 Å². The highest BCUT2D eigenvalue weighted by Gasteiger charge is 2.28. The van der Waals surface area contributed by atoms with Crippen molar-refractivity contribution in [2.75, 3.05) is 32.2 Å². The van der Waals surface area contributed by atoms with Gasteiger partial charge in [0.25, 0.3) is 5.91 Å². The molecule has 0 fully saturated rings. The number of nitrogens with two attached hydrogens (primary N) is 1. The summed E-state index contributed by atoms with van der Waals surface area (Å²) in [6.07, 6.45) is 0.525. The van der Waals surface area contributed by atoms with Gasteiger partial charge in [0.2, 0.25) is 5.91 Å². The number of hydrogen-bond acceptors (Lipinski definition) is 7. The molecule has 2 atom stereocenters. The Morgan fingerprint density at radius 1 is 1.28 bits per heavy atom. The fourth-order valence-corrected chi connectivity index (χ4v) is 3.87. The van der Waals surface area contributed by atoms with E-state index in [2.05, 4.69) is 15.8 Å². The van der Waals surface area contributed by atoms with Crippen LogP contribution >= 0.6 is 0 Å². The van der Waals surface area contributed by atoms with Gasteiger partial charge in [-0.3, -0.25) is 9.59 Å². The number of amides is 2. The first-order valence-electron chi connectivity index (χ1n) is 10.4. The zero-order valence-corrected chi connectivity index (χ0v) is 18.0. The molecule has 2 unspecified atom stereocenters. The van der Waals surface area contributed by atoms with Crippen molar-refractivity contribution in [2.45, 2.75) is 19.3 Å². The number of benzene rings is 2. The Labute approximate surface area is 185 Å². The summed E-state index contributed by atoms with van der Waals surface area (Å²) in [6, 6.07) is 11.1. The lowest BCUT2D eigenvalue weighted by Crippen LogP contribution is -2.32. The number of carbonyl (C=O) groups excluding carboxylic acids is 2. The average molecular weight is 438 g/mol. The van der Waals surface area contributed by atoms with E-state index in [4.69, 9.17) is 19.9 Å². The lowest BCUT2D eigenvalue weighted by Gasteiger charge is -2.25. The fourth-order valence-electron chi connectivity index (χ4n) is 3.87. The zero-order chi connectivity index (χ0) is 22.7. The van der Waals surface area contributed by atoms with Crippen LogP contribution in [-0.4, -0.2) is 44.4 Å². The van der Waals surface area contributed by atoms with Crippen LogP contribution in [0.2, 0.25) is 0 Å². The number of nitrogens with zero attached hydrogens (tertiary/aromatic N) is 1. The van der Waals surface area contributed by atoms with Crippen LogP contribution in [0.15, 0.2) is 41.5 Å². The quantitative estimate of drug-likeness (QED) is 0.606. The second-order valence-corrected chi connectivity index (χ2v) is 7.85. The van der Waals surface area contributed by atoms with Crippen molar-refractivity contribution in [1.29, 1.82) is 0 Å². The van der Waals surface area contributed by atoms with Crippen molar-refractivity contribution in [1.82, 2.24) is 5.43 Å². The fraction of sp³-hybridized carbons (Fsp3) is 0.348. The minimum Gasteiger partial charge on any atom is -0.497 e. The highest BCUT2D eigenvalue weighted by atomic mass is 16.5. The molecule has 168 valence electrons. The topological polar surface area (TPSA) is 124 Å². The van der Waals surface area contributed by atoms with Crippen LogP contribution in [0.25, 0.3) is 0 Å². The maximum Gasteiger partial charge on any atom is 0.255 e. The van der Waals surface area contributed by atoms with Gasteiger partial charge in [-0.15, -0.1) is 0 Å². The third-order valence-corrected chi connectivity index (χ3v) is 5.64. The SMILES string of the molecule is COc1ccc2c(c1)CC(C(=O)Nc1ccc(C3CNN=C3C)cc1OCC(N)=O)CO2. The molecule has 32 heavy (non-hydrogen) atoms. The molecule has 2 aliphatic rings. The van der Waals surface area contributed by atoms with Gasteiger partial charge in [0.05, 0.1) is 18.7 Å². The van der Waals surface area contributed by atoms with Crippen LogP contribution in [0.4, 0.5) is 5.69 Å². The molecule has 0 saturated carbocycles. The molecule has 0 aliphatic carbocycles. The first-order valence-corrected chi connectivity index (χ1v) is 10.4. The van der Waals surface area contributed by atoms with E-state index in [1.165, 1.54) is 0 Å². The molecular formula is C23H26N4O5. The Morgan fingerprint density at radius 3 is 2.84 bits per heavy atom. The van der Waals surface area contributed by atoms with E-state index in [0.29, 0.717) is 30.2 Å². The van der Waals surface area contributed by atoms with Crippen molar-refractivity contribution in [3.8, 4) is 17.2 Å². The van der Waals surface area contributed by atoms with Crippen LogP contribution in [0.5, 0.6) is 17.2 Å². The summed E-state index contributed by atoms with van der Waals surface area (Å²) in [6.45, 7) is 2.60. The number of methoxy groups -OCH3 is 1. The van der Waals surface area contributed by atoms with Gasteiger partial charge >= 0.3 is 0 Å². The Morgan fingerprint density at radius 2 is 2.12 bits per heavy atom. The largest absolute Gasteiger partial charge is 0.497 e. The number of nitrogens with one attached hydrogen (secondary N) is 2. The summed E-state index contributed by atoms with van der Waals surface area (Å²) in [4.78, 5) is 24.3. The van der Waals surface area contributed by atoms with Crippen LogP contribution in [0.1, 0.15) is 24.0 Å². The minimum atomic E-state index is -0.598. The van der Waals surface area contributed by atoms with Gasteiger partial charge in [0.1, 0.15) is 23.9 Å². The van der Waals surface area contributed by atoms with E-state index in [-0.39, 0.29) is 31.0 Å². The molecule has 0 radical (unpaired) electrons. The molecule has 2 amide bonds. The highest BCUT2D eigenvalue weighted by molar-refractivity contribution is 5.95. The third kappa shape index (κ3) is 4.61. The second-order valence-electron chi connectivity index (χ2n) is 7.85. The van der Waals surface area contributed by atoms with E-state index in [1.54, 1.807) is 13.2 Å². The molecule has 0 saturated heterocycles. The molecule has 9 heteroatoms. The Kier molecular flexibility index (Phi) is 6.16. The Hall–Kier alpha value is -3.75. The monoisotopic (exact) mass is 438 g/mol. The number of rotatable bonds is 7. The molecule has 2 aromatic carbocycles. The number of hydrazone groups is 1. The Balaban J connectivity index is 1.52. The van der Waals surface area contributed by atoms with Gasteiger partial charge in [0, 0.05) is 18.2 Å². The first kappa shape index (κ1) is 21.5. The number of fused-ring (bicyclic) bond motifs is 1. The van der Waals surface area contributed by atoms with Crippen molar-refractivity contribution in [3.05, 3.63) is 47.5 Å². The van der Waals surface area contributed by atoms with Crippen LogP contribution in [0.3, 0.4) is 0 Å². The summed E-state index contributed by atoms with van der Waals surface area (Å²) < 4.78 is 16.7. The molecule has 2 heterocycles. The third-order valence-electron chi connectivity index (χ3n) is 5.64. The summed E-state index contributed by atoms with van der Waals surface area (Å²) in [5.74, 6) is 0.765. The molecule has 2 aromatic rings.